The van der Waals surface area contributed by atoms with Crippen LogP contribution in [-0.4, -0.2) is 34.3 Å². The molecule has 1 aromatic heterocycles. The third-order valence-corrected chi connectivity index (χ3v) is 4.08. The monoisotopic (exact) mass is 258 g/mol. The first-order chi connectivity index (χ1) is 7.83. The van der Waals surface area contributed by atoms with Crippen molar-refractivity contribution in [2.24, 2.45) is 0 Å². The average Bonchev–Trinajstić information content (AvgIpc) is 2.73. The van der Waals surface area contributed by atoms with Crippen LogP contribution in [0.3, 0.4) is 0 Å². The van der Waals surface area contributed by atoms with E-state index in [4.69, 9.17) is 11.6 Å². The molecule has 0 bridgehead atoms. The Morgan fingerprint density at radius 1 is 1.56 bits per heavy atom. The summed E-state index contributed by atoms with van der Waals surface area (Å²) in [4.78, 5) is 18.8. The lowest BCUT2D eigenvalue weighted by Gasteiger charge is -2.27. The summed E-state index contributed by atoms with van der Waals surface area (Å²) in [5.74, 6) is 0.625. The molecule has 0 N–H and O–H groups in total. The van der Waals surface area contributed by atoms with Crippen molar-refractivity contribution >= 4 is 28.8 Å². The van der Waals surface area contributed by atoms with Crippen LogP contribution < -0.4 is 0 Å². The van der Waals surface area contributed by atoms with Crippen LogP contribution in [0, 0.1) is 0 Å². The maximum Gasteiger partial charge on any atom is 0.265 e. The lowest BCUT2D eigenvalue weighted by Crippen LogP contribution is -2.40. The topological polar surface area (TPSA) is 33.2 Å². The van der Waals surface area contributed by atoms with Crippen LogP contribution >= 0.6 is 22.9 Å². The number of amides is 1. The van der Waals surface area contributed by atoms with Crippen molar-refractivity contribution in [3.05, 3.63) is 16.6 Å². The summed E-state index contributed by atoms with van der Waals surface area (Å²) in [5, 5.41) is 0. The summed E-state index contributed by atoms with van der Waals surface area (Å²) in [6.07, 6.45) is 6.11. The second-order valence-corrected chi connectivity index (χ2v) is 5.22. The molecule has 0 aromatic carbocycles. The maximum absolute atomic E-state index is 12.2. The van der Waals surface area contributed by atoms with Crippen molar-refractivity contribution in [3.63, 3.8) is 0 Å². The molecule has 1 unspecified atom stereocenters. The molecule has 5 heteroatoms. The minimum atomic E-state index is 0.0926. The van der Waals surface area contributed by atoms with Gasteiger partial charge in [0.05, 0.1) is 11.7 Å². The van der Waals surface area contributed by atoms with Crippen molar-refractivity contribution in [2.45, 2.75) is 31.7 Å². The molecule has 0 spiro atoms. The van der Waals surface area contributed by atoms with Gasteiger partial charge in [0.15, 0.2) is 0 Å². The van der Waals surface area contributed by atoms with E-state index >= 15 is 0 Å². The zero-order valence-electron chi connectivity index (χ0n) is 9.06. The number of carbonyl (C=O) groups is 1. The highest BCUT2D eigenvalue weighted by molar-refractivity contribution is 7.11. The lowest BCUT2D eigenvalue weighted by molar-refractivity contribution is 0.0705. The molecule has 16 heavy (non-hydrogen) atoms. The van der Waals surface area contributed by atoms with Gasteiger partial charge in [-0.2, -0.15) is 0 Å². The van der Waals surface area contributed by atoms with Crippen molar-refractivity contribution in [2.75, 3.05) is 12.4 Å². The summed E-state index contributed by atoms with van der Waals surface area (Å²) in [6.45, 7) is 0.827. The molecular formula is C11H15ClN2OS. The standard InChI is InChI=1S/C11H15ClN2OS/c12-6-9-4-2-1-3-5-14(9)11(15)10-7-13-8-16-10/h7-9H,1-6H2. The van der Waals surface area contributed by atoms with Crippen LogP contribution in [0.25, 0.3) is 0 Å². The molecule has 1 atom stereocenters. The Bertz CT molecular complexity index is 342. The fourth-order valence-corrected chi connectivity index (χ4v) is 2.96. The number of nitrogens with zero attached hydrogens (tertiary/aromatic N) is 2. The molecule has 0 radical (unpaired) electrons. The molecule has 3 nitrogen and oxygen atoms in total. The fourth-order valence-electron chi connectivity index (χ4n) is 2.07. The average molecular weight is 259 g/mol. The van der Waals surface area contributed by atoms with Crippen LogP contribution in [0.4, 0.5) is 0 Å². The predicted octanol–water partition coefficient (Wildman–Crippen LogP) is 2.77. The van der Waals surface area contributed by atoms with Crippen LogP contribution in [0.1, 0.15) is 35.4 Å². The lowest BCUT2D eigenvalue weighted by atomic mass is 10.1. The molecule has 0 aliphatic carbocycles. The van der Waals surface area contributed by atoms with Gasteiger partial charge >= 0.3 is 0 Å². The van der Waals surface area contributed by atoms with Crippen LogP contribution in [0.2, 0.25) is 0 Å². The quantitative estimate of drug-likeness (QED) is 0.765. The van der Waals surface area contributed by atoms with Gasteiger partial charge in [-0.1, -0.05) is 12.8 Å². The summed E-state index contributed by atoms with van der Waals surface area (Å²) in [6, 6.07) is 0.193. The van der Waals surface area contributed by atoms with E-state index in [2.05, 4.69) is 4.98 Å². The first-order valence-corrected chi connectivity index (χ1v) is 6.99. The Kier molecular flexibility index (Phi) is 4.18. The zero-order valence-corrected chi connectivity index (χ0v) is 10.6. The summed E-state index contributed by atoms with van der Waals surface area (Å²) >= 11 is 7.35. The Morgan fingerprint density at radius 2 is 2.44 bits per heavy atom. The number of carbonyl (C=O) groups excluding carboxylic acids is 1. The SMILES string of the molecule is O=C(c1cncs1)N1CCCCCC1CCl. The van der Waals surface area contributed by atoms with E-state index in [1.807, 2.05) is 4.90 Å². The summed E-state index contributed by atoms with van der Waals surface area (Å²) < 4.78 is 0. The van der Waals surface area contributed by atoms with E-state index < -0.39 is 0 Å². The third-order valence-electron chi connectivity index (χ3n) is 2.96. The molecule has 0 saturated carbocycles. The number of halogens is 1. The zero-order chi connectivity index (χ0) is 11.4. The fraction of sp³-hybridized carbons (Fsp3) is 0.636. The highest BCUT2D eigenvalue weighted by atomic mass is 35.5. The van der Waals surface area contributed by atoms with Crippen molar-refractivity contribution < 1.29 is 4.79 Å². The van der Waals surface area contributed by atoms with Gasteiger partial charge in [-0.25, -0.2) is 0 Å². The second-order valence-electron chi connectivity index (χ2n) is 4.02. The number of hydrogen-bond donors (Lipinski definition) is 0. The molecule has 2 heterocycles. The largest absolute Gasteiger partial charge is 0.334 e. The van der Waals surface area contributed by atoms with Crippen molar-refractivity contribution in [1.82, 2.24) is 9.88 Å². The van der Waals surface area contributed by atoms with E-state index in [1.54, 1.807) is 11.7 Å². The van der Waals surface area contributed by atoms with E-state index in [0.717, 1.165) is 24.3 Å². The first-order valence-electron chi connectivity index (χ1n) is 5.58. The van der Waals surface area contributed by atoms with Crippen LogP contribution in [0.5, 0.6) is 0 Å². The van der Waals surface area contributed by atoms with E-state index in [1.165, 1.54) is 24.2 Å². The van der Waals surface area contributed by atoms with E-state index in [9.17, 15) is 4.79 Å². The number of aromatic nitrogens is 1. The van der Waals surface area contributed by atoms with Gasteiger partial charge in [-0.15, -0.1) is 22.9 Å². The third kappa shape index (κ3) is 2.55. The van der Waals surface area contributed by atoms with Gasteiger partial charge in [0, 0.05) is 18.5 Å². The van der Waals surface area contributed by atoms with Gasteiger partial charge in [0.25, 0.3) is 5.91 Å². The molecule has 88 valence electrons. The Balaban J connectivity index is 2.13. The van der Waals surface area contributed by atoms with E-state index in [0.29, 0.717) is 5.88 Å². The molecule has 1 amide bonds. The minimum absolute atomic E-state index is 0.0926. The van der Waals surface area contributed by atoms with E-state index in [-0.39, 0.29) is 11.9 Å². The minimum Gasteiger partial charge on any atom is -0.334 e. The molecular weight excluding hydrogens is 244 g/mol. The van der Waals surface area contributed by atoms with Crippen molar-refractivity contribution in [1.29, 1.82) is 0 Å². The molecule has 1 saturated heterocycles. The second kappa shape index (κ2) is 5.64. The van der Waals surface area contributed by atoms with Crippen molar-refractivity contribution in [3.8, 4) is 0 Å². The van der Waals surface area contributed by atoms with Gasteiger partial charge in [-0.3, -0.25) is 9.78 Å². The van der Waals surface area contributed by atoms with Crippen LogP contribution in [0.15, 0.2) is 11.7 Å². The summed E-state index contributed by atoms with van der Waals surface area (Å²) in [5.41, 5.74) is 1.70. The number of likely N-dealkylation sites (tertiary alicyclic amines) is 1. The number of alkyl halides is 1. The number of hydrogen-bond acceptors (Lipinski definition) is 3. The van der Waals surface area contributed by atoms with Gasteiger partial charge in [0.1, 0.15) is 4.88 Å². The molecule has 1 fully saturated rings. The summed E-state index contributed by atoms with van der Waals surface area (Å²) in [7, 11) is 0. The first kappa shape index (κ1) is 11.9. The predicted molar refractivity (Wildman–Crippen MR) is 66.1 cm³/mol. The molecule has 1 aromatic rings. The van der Waals surface area contributed by atoms with Gasteiger partial charge in [-0.05, 0) is 12.8 Å². The number of thiazole rings is 1. The highest BCUT2D eigenvalue weighted by Crippen LogP contribution is 2.21. The normalized spacial score (nSPS) is 21.8. The Labute approximate surface area is 104 Å². The van der Waals surface area contributed by atoms with Gasteiger partial charge < -0.3 is 4.90 Å². The molecule has 2 rings (SSSR count). The Hall–Kier alpha value is -0.610. The maximum atomic E-state index is 12.2. The highest BCUT2D eigenvalue weighted by Gasteiger charge is 2.26. The van der Waals surface area contributed by atoms with Crippen LogP contribution in [-0.2, 0) is 0 Å². The smallest absolute Gasteiger partial charge is 0.265 e. The van der Waals surface area contributed by atoms with Gasteiger partial charge in [0.2, 0.25) is 0 Å². The number of rotatable bonds is 2. The Morgan fingerprint density at radius 3 is 3.12 bits per heavy atom. The molecule has 1 aliphatic heterocycles. The molecule has 1 aliphatic rings.